The summed E-state index contributed by atoms with van der Waals surface area (Å²) in [6.45, 7) is 10.1. The molecule has 8 heteroatoms. The third kappa shape index (κ3) is 6.76. The third-order valence-corrected chi connectivity index (χ3v) is 6.95. The lowest BCUT2D eigenvalue weighted by molar-refractivity contribution is -0.143. The zero-order chi connectivity index (χ0) is 26.4. The standard InChI is InChI=1S/C29H38N4O4/c1-21(2)29(35)32(13-12-31-14-16-37-17-15-31)20-28(34)33-27(23-10-8-22(3)9-11-23)19-26(30-33)24-6-5-7-25(18-24)36-4/h5-11,18,21,27H,12-17,19-20H2,1-4H3/t27-/m1/s1. The highest BCUT2D eigenvalue weighted by Gasteiger charge is 2.35. The van der Waals surface area contributed by atoms with Gasteiger partial charge in [0.15, 0.2) is 0 Å². The van der Waals surface area contributed by atoms with E-state index < -0.39 is 0 Å². The van der Waals surface area contributed by atoms with Crippen LogP contribution in [-0.4, -0.2) is 85.4 Å². The summed E-state index contributed by atoms with van der Waals surface area (Å²) < 4.78 is 10.8. The van der Waals surface area contributed by atoms with Crippen LogP contribution < -0.4 is 4.74 Å². The van der Waals surface area contributed by atoms with Crippen molar-refractivity contribution >= 4 is 17.5 Å². The number of hydrogen-bond donors (Lipinski definition) is 0. The number of ether oxygens (including phenoxy) is 2. The lowest BCUT2D eigenvalue weighted by atomic mass is 9.97. The first-order valence-electron chi connectivity index (χ1n) is 13.0. The van der Waals surface area contributed by atoms with E-state index in [-0.39, 0.29) is 30.3 Å². The second kappa shape index (κ2) is 12.3. The highest BCUT2D eigenvalue weighted by atomic mass is 16.5. The smallest absolute Gasteiger partial charge is 0.262 e. The second-order valence-corrected chi connectivity index (χ2v) is 10.0. The SMILES string of the molecule is COc1cccc(C2=NN(C(=O)CN(CCN3CCOCC3)C(=O)C(C)C)[C@@H](c3ccc(C)cc3)C2)c1. The summed E-state index contributed by atoms with van der Waals surface area (Å²) in [4.78, 5) is 30.8. The van der Waals surface area contributed by atoms with Crippen molar-refractivity contribution in [2.75, 3.05) is 53.0 Å². The van der Waals surface area contributed by atoms with Crippen LogP contribution in [0.2, 0.25) is 0 Å². The average molecular weight is 507 g/mol. The molecule has 1 atom stereocenters. The van der Waals surface area contributed by atoms with Crippen LogP contribution in [0.15, 0.2) is 53.6 Å². The van der Waals surface area contributed by atoms with Gasteiger partial charge < -0.3 is 14.4 Å². The predicted octanol–water partition coefficient (Wildman–Crippen LogP) is 3.50. The summed E-state index contributed by atoms with van der Waals surface area (Å²) in [7, 11) is 1.64. The Hall–Kier alpha value is -3.23. The molecule has 198 valence electrons. The zero-order valence-corrected chi connectivity index (χ0v) is 22.4. The highest BCUT2D eigenvalue weighted by Crippen LogP contribution is 2.33. The number of amides is 2. The molecule has 0 bridgehead atoms. The van der Waals surface area contributed by atoms with Crippen LogP contribution in [0.4, 0.5) is 0 Å². The van der Waals surface area contributed by atoms with E-state index in [2.05, 4.69) is 29.2 Å². The Morgan fingerprint density at radius 3 is 2.54 bits per heavy atom. The molecule has 4 rings (SSSR count). The van der Waals surface area contributed by atoms with Gasteiger partial charge in [-0.2, -0.15) is 5.10 Å². The molecule has 2 aliphatic rings. The van der Waals surface area contributed by atoms with Gasteiger partial charge in [-0.3, -0.25) is 14.5 Å². The molecule has 8 nitrogen and oxygen atoms in total. The van der Waals surface area contributed by atoms with E-state index in [0.29, 0.717) is 26.2 Å². The summed E-state index contributed by atoms with van der Waals surface area (Å²) in [5.41, 5.74) is 3.93. The van der Waals surface area contributed by atoms with E-state index in [0.717, 1.165) is 47.8 Å². The number of nitrogens with zero attached hydrogens (tertiary/aromatic N) is 4. The number of methoxy groups -OCH3 is 1. The maximum Gasteiger partial charge on any atom is 0.262 e. The first-order valence-corrected chi connectivity index (χ1v) is 13.0. The molecule has 0 spiro atoms. The van der Waals surface area contributed by atoms with Crippen molar-refractivity contribution in [2.45, 2.75) is 33.2 Å². The van der Waals surface area contributed by atoms with E-state index >= 15 is 0 Å². The molecule has 2 aromatic rings. The minimum absolute atomic E-state index is 0.00138. The molecule has 1 fully saturated rings. The Labute approximate surface area is 219 Å². The van der Waals surface area contributed by atoms with Crippen molar-refractivity contribution in [1.29, 1.82) is 0 Å². The number of benzene rings is 2. The number of hydrogen-bond acceptors (Lipinski definition) is 6. The fraction of sp³-hybridized carbons (Fsp3) is 0.483. The van der Waals surface area contributed by atoms with Gasteiger partial charge in [-0.1, -0.05) is 55.8 Å². The minimum Gasteiger partial charge on any atom is -0.497 e. The van der Waals surface area contributed by atoms with Crippen LogP contribution >= 0.6 is 0 Å². The number of aryl methyl sites for hydroxylation is 1. The van der Waals surface area contributed by atoms with E-state index in [1.807, 2.05) is 45.0 Å². The van der Waals surface area contributed by atoms with Gasteiger partial charge >= 0.3 is 0 Å². The maximum atomic E-state index is 13.8. The van der Waals surface area contributed by atoms with Crippen molar-refractivity contribution in [1.82, 2.24) is 14.8 Å². The topological polar surface area (TPSA) is 74.7 Å². The molecule has 2 aliphatic heterocycles. The normalized spacial score (nSPS) is 18.1. The van der Waals surface area contributed by atoms with Crippen molar-refractivity contribution in [3.8, 4) is 5.75 Å². The third-order valence-electron chi connectivity index (χ3n) is 6.95. The minimum atomic E-state index is -0.232. The van der Waals surface area contributed by atoms with Crippen molar-refractivity contribution in [3.05, 3.63) is 65.2 Å². The molecule has 2 heterocycles. The number of rotatable bonds is 9. The summed E-state index contributed by atoms with van der Waals surface area (Å²) in [5, 5.41) is 6.38. The second-order valence-electron chi connectivity index (χ2n) is 10.0. The van der Waals surface area contributed by atoms with Gasteiger partial charge in [0.1, 0.15) is 12.3 Å². The fourth-order valence-corrected chi connectivity index (χ4v) is 4.72. The molecule has 0 saturated carbocycles. The number of carbonyl (C=O) groups is 2. The summed E-state index contributed by atoms with van der Waals surface area (Å²) >= 11 is 0. The molecule has 1 saturated heterocycles. The fourth-order valence-electron chi connectivity index (χ4n) is 4.72. The van der Waals surface area contributed by atoms with Crippen LogP contribution in [0.25, 0.3) is 0 Å². The molecular formula is C29H38N4O4. The maximum absolute atomic E-state index is 13.8. The molecular weight excluding hydrogens is 468 g/mol. The van der Waals surface area contributed by atoms with Gasteiger partial charge in [0.25, 0.3) is 5.91 Å². The van der Waals surface area contributed by atoms with E-state index in [1.54, 1.807) is 17.0 Å². The van der Waals surface area contributed by atoms with Crippen LogP contribution in [-0.2, 0) is 14.3 Å². The quantitative estimate of drug-likeness (QED) is 0.521. The monoisotopic (exact) mass is 506 g/mol. The molecule has 37 heavy (non-hydrogen) atoms. The predicted molar refractivity (Wildman–Crippen MR) is 144 cm³/mol. The molecule has 2 aromatic carbocycles. The largest absolute Gasteiger partial charge is 0.497 e. The van der Waals surface area contributed by atoms with Crippen LogP contribution in [0, 0.1) is 12.8 Å². The summed E-state index contributed by atoms with van der Waals surface area (Å²) in [6, 6.07) is 15.7. The molecule has 0 unspecified atom stereocenters. The van der Waals surface area contributed by atoms with E-state index in [4.69, 9.17) is 14.6 Å². The van der Waals surface area contributed by atoms with Crippen LogP contribution in [0.3, 0.4) is 0 Å². The van der Waals surface area contributed by atoms with E-state index in [9.17, 15) is 9.59 Å². The van der Waals surface area contributed by atoms with Gasteiger partial charge in [-0.25, -0.2) is 5.01 Å². The first-order chi connectivity index (χ1) is 17.9. The number of morpholine rings is 1. The number of hydrazone groups is 1. The molecule has 0 aromatic heterocycles. The van der Waals surface area contributed by atoms with Crippen LogP contribution in [0.5, 0.6) is 5.75 Å². The first kappa shape index (κ1) is 26.8. The Morgan fingerprint density at radius 2 is 1.86 bits per heavy atom. The zero-order valence-electron chi connectivity index (χ0n) is 22.4. The van der Waals surface area contributed by atoms with Gasteiger partial charge in [-0.05, 0) is 24.6 Å². The Balaban J connectivity index is 1.57. The molecule has 0 radical (unpaired) electrons. The Bertz CT molecular complexity index is 1110. The molecule has 0 aliphatic carbocycles. The molecule has 2 amide bonds. The summed E-state index contributed by atoms with van der Waals surface area (Å²) in [5.74, 6) is 0.345. The van der Waals surface area contributed by atoms with Crippen LogP contribution in [0.1, 0.15) is 43.0 Å². The van der Waals surface area contributed by atoms with Gasteiger partial charge in [-0.15, -0.1) is 0 Å². The Morgan fingerprint density at radius 1 is 1.14 bits per heavy atom. The molecule has 0 N–H and O–H groups in total. The van der Waals surface area contributed by atoms with Crippen molar-refractivity contribution in [2.24, 2.45) is 11.0 Å². The van der Waals surface area contributed by atoms with Gasteiger partial charge in [0.05, 0.1) is 32.1 Å². The van der Waals surface area contributed by atoms with Crippen molar-refractivity contribution < 1.29 is 19.1 Å². The van der Waals surface area contributed by atoms with Crippen molar-refractivity contribution in [3.63, 3.8) is 0 Å². The number of carbonyl (C=O) groups excluding carboxylic acids is 2. The Kier molecular flexibility index (Phi) is 8.95. The lowest BCUT2D eigenvalue weighted by Gasteiger charge is -2.31. The van der Waals surface area contributed by atoms with E-state index in [1.165, 1.54) is 0 Å². The summed E-state index contributed by atoms with van der Waals surface area (Å²) in [6.07, 6.45) is 0.591. The van der Waals surface area contributed by atoms with Gasteiger partial charge in [0.2, 0.25) is 5.91 Å². The average Bonchev–Trinajstić information content (AvgIpc) is 3.37. The highest BCUT2D eigenvalue weighted by molar-refractivity contribution is 6.03. The lowest BCUT2D eigenvalue weighted by Crippen LogP contribution is -2.47. The van der Waals surface area contributed by atoms with Gasteiger partial charge in [0, 0.05) is 44.1 Å².